The van der Waals surface area contributed by atoms with Crippen LogP contribution in [-0.4, -0.2) is 16.3 Å². The molecule has 2 rings (SSSR count). The Morgan fingerprint density at radius 2 is 2.22 bits per heavy atom. The molecule has 0 spiro atoms. The van der Waals surface area contributed by atoms with Crippen molar-refractivity contribution in [1.29, 1.82) is 0 Å². The van der Waals surface area contributed by atoms with Gasteiger partial charge in [0, 0.05) is 25.4 Å². The van der Waals surface area contributed by atoms with Gasteiger partial charge in [-0.1, -0.05) is 27.2 Å². The lowest BCUT2D eigenvalue weighted by Gasteiger charge is -2.11. The van der Waals surface area contributed by atoms with Crippen molar-refractivity contribution in [1.82, 2.24) is 15.1 Å². The van der Waals surface area contributed by atoms with Crippen LogP contribution in [0.15, 0.2) is 6.20 Å². The quantitative estimate of drug-likeness (QED) is 0.869. The number of aromatic nitrogens is 2. The average Bonchev–Trinajstić information content (AvgIpc) is 2.85. The summed E-state index contributed by atoms with van der Waals surface area (Å²) >= 11 is 0. The normalized spacial score (nSPS) is 24.1. The van der Waals surface area contributed by atoms with Crippen molar-refractivity contribution in [2.45, 2.75) is 52.5 Å². The zero-order valence-electron chi connectivity index (χ0n) is 12.2. The van der Waals surface area contributed by atoms with Crippen molar-refractivity contribution in [3.8, 4) is 0 Å². The van der Waals surface area contributed by atoms with Crippen molar-refractivity contribution in [2.24, 2.45) is 18.9 Å². The van der Waals surface area contributed by atoms with Gasteiger partial charge in [-0.15, -0.1) is 0 Å². The molecule has 18 heavy (non-hydrogen) atoms. The minimum atomic E-state index is 0.509. The Labute approximate surface area is 111 Å². The lowest BCUT2D eigenvalue weighted by atomic mass is 10.0. The van der Waals surface area contributed by atoms with Gasteiger partial charge in [0.2, 0.25) is 0 Å². The summed E-state index contributed by atoms with van der Waals surface area (Å²) in [5, 5.41) is 8.17. The number of hydrogen-bond acceptors (Lipinski definition) is 2. The second kappa shape index (κ2) is 5.87. The van der Waals surface area contributed by atoms with Crippen molar-refractivity contribution in [2.75, 3.05) is 6.54 Å². The number of nitrogens with zero attached hydrogens (tertiary/aromatic N) is 2. The highest BCUT2D eigenvalue weighted by molar-refractivity contribution is 5.19. The van der Waals surface area contributed by atoms with Crippen LogP contribution in [0.4, 0.5) is 0 Å². The van der Waals surface area contributed by atoms with Crippen LogP contribution >= 0.6 is 0 Å². The van der Waals surface area contributed by atoms with Crippen molar-refractivity contribution in [3.05, 3.63) is 17.5 Å². The summed E-state index contributed by atoms with van der Waals surface area (Å²) in [5.41, 5.74) is 2.60. The Hall–Kier alpha value is -0.830. The predicted molar refractivity (Wildman–Crippen MR) is 75.5 cm³/mol. The first-order chi connectivity index (χ1) is 8.56. The van der Waals surface area contributed by atoms with E-state index in [4.69, 9.17) is 0 Å². The van der Waals surface area contributed by atoms with E-state index in [1.165, 1.54) is 30.5 Å². The number of rotatable bonds is 5. The van der Waals surface area contributed by atoms with Gasteiger partial charge < -0.3 is 5.32 Å². The summed E-state index contributed by atoms with van der Waals surface area (Å²) in [6, 6.07) is 0. The van der Waals surface area contributed by atoms with Crippen LogP contribution < -0.4 is 5.32 Å². The average molecular weight is 249 g/mol. The highest BCUT2D eigenvalue weighted by Crippen LogP contribution is 2.29. The molecule has 2 atom stereocenters. The lowest BCUT2D eigenvalue weighted by molar-refractivity contribution is 0.470. The molecule has 1 aliphatic carbocycles. The highest BCUT2D eigenvalue weighted by Gasteiger charge is 2.20. The predicted octanol–water partition coefficient (Wildman–Crippen LogP) is 3.07. The molecule has 1 fully saturated rings. The monoisotopic (exact) mass is 249 g/mol. The fourth-order valence-corrected chi connectivity index (χ4v) is 3.10. The molecule has 1 aromatic heterocycles. The van der Waals surface area contributed by atoms with E-state index in [0.717, 1.165) is 24.9 Å². The van der Waals surface area contributed by atoms with Gasteiger partial charge in [0.1, 0.15) is 0 Å². The maximum atomic E-state index is 4.55. The lowest BCUT2D eigenvalue weighted by Crippen LogP contribution is -2.21. The molecular weight excluding hydrogens is 222 g/mol. The summed E-state index contributed by atoms with van der Waals surface area (Å²) in [4.78, 5) is 0. The van der Waals surface area contributed by atoms with Gasteiger partial charge in [0.05, 0.1) is 5.69 Å². The van der Waals surface area contributed by atoms with E-state index in [1.807, 2.05) is 11.7 Å². The van der Waals surface area contributed by atoms with E-state index in [9.17, 15) is 0 Å². The first-order valence-corrected chi connectivity index (χ1v) is 7.29. The van der Waals surface area contributed by atoms with Gasteiger partial charge in [-0.3, -0.25) is 4.68 Å². The molecule has 1 aromatic rings. The van der Waals surface area contributed by atoms with Crippen LogP contribution in [0.25, 0.3) is 0 Å². The van der Waals surface area contributed by atoms with Crippen molar-refractivity contribution >= 4 is 0 Å². The van der Waals surface area contributed by atoms with Crippen LogP contribution in [0.2, 0.25) is 0 Å². The largest absolute Gasteiger partial charge is 0.312 e. The van der Waals surface area contributed by atoms with E-state index in [1.54, 1.807) is 0 Å². The van der Waals surface area contributed by atoms with Crippen molar-refractivity contribution in [3.63, 3.8) is 0 Å². The molecule has 3 heteroatoms. The first-order valence-electron chi connectivity index (χ1n) is 7.29. The van der Waals surface area contributed by atoms with Gasteiger partial charge in [-0.05, 0) is 37.1 Å². The van der Waals surface area contributed by atoms with Crippen LogP contribution in [-0.2, 0) is 13.6 Å². The minimum Gasteiger partial charge on any atom is -0.312 e. The Kier molecular flexibility index (Phi) is 4.44. The Bertz CT molecular complexity index is 381. The van der Waals surface area contributed by atoms with E-state index >= 15 is 0 Å². The van der Waals surface area contributed by atoms with Gasteiger partial charge in [0.15, 0.2) is 0 Å². The van der Waals surface area contributed by atoms with Crippen LogP contribution in [0, 0.1) is 11.8 Å². The second-order valence-electron chi connectivity index (χ2n) is 6.28. The molecule has 0 aromatic carbocycles. The first kappa shape index (κ1) is 13.6. The maximum Gasteiger partial charge on any atom is 0.0694 e. The third kappa shape index (κ3) is 3.35. The van der Waals surface area contributed by atoms with Crippen molar-refractivity contribution < 1.29 is 0 Å². The molecule has 1 N–H and O–H groups in total. The summed E-state index contributed by atoms with van der Waals surface area (Å²) in [6.07, 6.45) is 6.37. The van der Waals surface area contributed by atoms with Crippen LogP contribution in [0.5, 0.6) is 0 Å². The molecule has 0 amide bonds. The van der Waals surface area contributed by atoms with Gasteiger partial charge in [-0.2, -0.15) is 5.10 Å². The van der Waals surface area contributed by atoms with Crippen LogP contribution in [0.3, 0.4) is 0 Å². The molecule has 0 aliphatic heterocycles. The van der Waals surface area contributed by atoms with E-state index in [0.29, 0.717) is 5.92 Å². The second-order valence-corrected chi connectivity index (χ2v) is 6.28. The van der Waals surface area contributed by atoms with E-state index in [-0.39, 0.29) is 0 Å². The molecule has 1 saturated carbocycles. The van der Waals surface area contributed by atoms with E-state index in [2.05, 4.69) is 37.4 Å². The standard InChI is InChI=1S/C15H27N3/c1-11(2)15-14(10-18(4)17-15)9-16-8-13-6-5-12(3)7-13/h10-13,16H,5-9H2,1-4H3. The zero-order valence-corrected chi connectivity index (χ0v) is 12.2. The molecule has 3 nitrogen and oxygen atoms in total. The van der Waals surface area contributed by atoms with E-state index < -0.39 is 0 Å². The number of nitrogens with one attached hydrogen (secondary N) is 1. The maximum absolute atomic E-state index is 4.55. The molecule has 0 saturated heterocycles. The zero-order chi connectivity index (χ0) is 13.1. The molecule has 0 radical (unpaired) electrons. The molecular formula is C15H27N3. The Morgan fingerprint density at radius 3 is 2.83 bits per heavy atom. The molecule has 1 aliphatic rings. The summed E-state index contributed by atoms with van der Waals surface area (Å²) < 4.78 is 1.93. The Morgan fingerprint density at radius 1 is 1.44 bits per heavy atom. The fourth-order valence-electron chi connectivity index (χ4n) is 3.10. The smallest absolute Gasteiger partial charge is 0.0694 e. The number of aryl methyl sites for hydroxylation is 1. The molecule has 102 valence electrons. The SMILES string of the molecule is CC1CCC(CNCc2cn(C)nc2C(C)C)C1. The van der Waals surface area contributed by atoms with Gasteiger partial charge in [-0.25, -0.2) is 0 Å². The third-order valence-electron chi connectivity index (χ3n) is 4.04. The van der Waals surface area contributed by atoms with Gasteiger partial charge in [0.25, 0.3) is 0 Å². The van der Waals surface area contributed by atoms with Crippen LogP contribution in [0.1, 0.15) is 57.2 Å². The van der Waals surface area contributed by atoms with Gasteiger partial charge >= 0.3 is 0 Å². The summed E-state index contributed by atoms with van der Waals surface area (Å²) in [7, 11) is 2.01. The molecule has 1 heterocycles. The Balaban J connectivity index is 1.83. The minimum absolute atomic E-state index is 0.509. The highest BCUT2D eigenvalue weighted by atomic mass is 15.3. The number of hydrogen-bond donors (Lipinski definition) is 1. The molecule has 2 unspecified atom stereocenters. The molecule has 0 bridgehead atoms. The topological polar surface area (TPSA) is 29.9 Å². The third-order valence-corrected chi connectivity index (χ3v) is 4.04. The summed E-state index contributed by atoms with van der Waals surface area (Å²) in [6.45, 7) is 8.93. The summed E-state index contributed by atoms with van der Waals surface area (Å²) in [5.74, 6) is 2.33. The fraction of sp³-hybridized carbons (Fsp3) is 0.800.